The number of carbonyl (C=O) groups is 2. The second kappa shape index (κ2) is 8.05. The van der Waals surface area contributed by atoms with Crippen molar-refractivity contribution in [3.63, 3.8) is 0 Å². The number of nitrogens with zero attached hydrogens (tertiary/aromatic N) is 3. The number of hydrogen-bond donors (Lipinski definition) is 1. The van der Waals surface area contributed by atoms with Crippen molar-refractivity contribution in [2.75, 3.05) is 6.54 Å². The van der Waals surface area contributed by atoms with Gasteiger partial charge in [-0.3, -0.25) is 9.59 Å². The zero-order valence-electron chi connectivity index (χ0n) is 16.0. The normalized spacial score (nSPS) is 18.5. The maximum Gasteiger partial charge on any atom is 0.295 e. The van der Waals surface area contributed by atoms with Gasteiger partial charge in [-0.15, -0.1) is 11.3 Å². The Hall–Kier alpha value is -3.19. The lowest BCUT2D eigenvalue weighted by atomic mass is 9.99. The van der Waals surface area contributed by atoms with Crippen molar-refractivity contribution in [3.8, 4) is 0 Å². The molecular weight excluding hydrogens is 386 g/mol. The molecule has 1 N–H and O–H groups in total. The van der Waals surface area contributed by atoms with Gasteiger partial charge in [0, 0.05) is 35.9 Å². The Balaban J connectivity index is 1.68. The van der Waals surface area contributed by atoms with Crippen LogP contribution in [0, 0.1) is 6.92 Å². The summed E-state index contributed by atoms with van der Waals surface area (Å²) >= 11 is 1.47. The molecule has 0 saturated carbocycles. The number of aromatic nitrogens is 2. The van der Waals surface area contributed by atoms with Gasteiger partial charge in [-0.2, -0.15) is 0 Å². The summed E-state index contributed by atoms with van der Waals surface area (Å²) in [4.78, 5) is 32.2. The fourth-order valence-electron chi connectivity index (χ4n) is 3.56. The summed E-state index contributed by atoms with van der Waals surface area (Å²) in [5.74, 6) is -1.33. The first-order valence-corrected chi connectivity index (χ1v) is 10.3. The van der Waals surface area contributed by atoms with E-state index in [1.165, 1.54) is 11.3 Å². The van der Waals surface area contributed by atoms with Crippen molar-refractivity contribution >= 4 is 28.8 Å². The molecule has 1 saturated heterocycles. The largest absolute Gasteiger partial charge is 0.507 e. The lowest BCUT2D eigenvalue weighted by molar-refractivity contribution is -0.139. The SMILES string of the molecule is Cc1ccc(/C(O)=C2/C(=O)C(=O)N(CCCn3ccnc3)C2c2cccs2)cc1. The fourth-order valence-corrected chi connectivity index (χ4v) is 4.41. The summed E-state index contributed by atoms with van der Waals surface area (Å²) in [7, 11) is 0. The zero-order valence-corrected chi connectivity index (χ0v) is 16.8. The third-order valence-electron chi connectivity index (χ3n) is 5.05. The second-order valence-corrected chi connectivity index (χ2v) is 8.01. The van der Waals surface area contributed by atoms with Gasteiger partial charge >= 0.3 is 0 Å². The van der Waals surface area contributed by atoms with Gasteiger partial charge in [0.25, 0.3) is 11.7 Å². The molecule has 0 bridgehead atoms. The van der Waals surface area contributed by atoms with Crippen molar-refractivity contribution in [1.82, 2.24) is 14.5 Å². The highest BCUT2D eigenvalue weighted by Gasteiger charge is 2.46. The molecule has 1 aliphatic heterocycles. The van der Waals surface area contributed by atoms with Gasteiger partial charge in [-0.25, -0.2) is 4.98 Å². The van der Waals surface area contributed by atoms with E-state index < -0.39 is 17.7 Å². The van der Waals surface area contributed by atoms with Gasteiger partial charge < -0.3 is 14.6 Å². The number of imidazole rings is 1. The van der Waals surface area contributed by atoms with Crippen molar-refractivity contribution in [2.45, 2.75) is 25.9 Å². The van der Waals surface area contributed by atoms with Gasteiger partial charge in [0.05, 0.1) is 17.9 Å². The molecule has 1 amide bonds. The second-order valence-electron chi connectivity index (χ2n) is 7.03. The minimum Gasteiger partial charge on any atom is -0.507 e. The van der Waals surface area contributed by atoms with E-state index in [-0.39, 0.29) is 11.3 Å². The summed E-state index contributed by atoms with van der Waals surface area (Å²) in [5, 5.41) is 12.8. The van der Waals surface area contributed by atoms with Crippen LogP contribution in [-0.4, -0.2) is 37.8 Å². The Morgan fingerprint density at radius 1 is 1.17 bits per heavy atom. The molecule has 1 aromatic carbocycles. The Morgan fingerprint density at radius 2 is 1.97 bits per heavy atom. The Morgan fingerprint density at radius 3 is 2.62 bits per heavy atom. The molecule has 2 aromatic heterocycles. The summed E-state index contributed by atoms with van der Waals surface area (Å²) in [5.41, 5.74) is 1.74. The first-order chi connectivity index (χ1) is 14.1. The molecule has 0 aliphatic carbocycles. The average Bonchev–Trinajstić information content (AvgIpc) is 3.46. The van der Waals surface area contributed by atoms with E-state index >= 15 is 0 Å². The fraction of sp³-hybridized carbons (Fsp3) is 0.227. The number of likely N-dealkylation sites (tertiary alicyclic amines) is 1. The van der Waals surface area contributed by atoms with Crippen LogP contribution in [0.2, 0.25) is 0 Å². The van der Waals surface area contributed by atoms with Crippen LogP contribution in [0.5, 0.6) is 0 Å². The van der Waals surface area contributed by atoms with E-state index in [1.807, 2.05) is 47.3 Å². The summed E-state index contributed by atoms with van der Waals surface area (Å²) in [6, 6.07) is 10.5. The monoisotopic (exact) mass is 407 g/mol. The molecule has 1 atom stereocenters. The third kappa shape index (κ3) is 3.73. The van der Waals surface area contributed by atoms with Crippen LogP contribution in [0.15, 0.2) is 66.1 Å². The van der Waals surface area contributed by atoms with Crippen molar-refractivity contribution < 1.29 is 14.7 Å². The van der Waals surface area contributed by atoms with Gasteiger partial charge in [-0.1, -0.05) is 35.9 Å². The van der Waals surface area contributed by atoms with E-state index in [1.54, 1.807) is 29.6 Å². The summed E-state index contributed by atoms with van der Waals surface area (Å²) < 4.78 is 1.93. The molecule has 1 unspecified atom stereocenters. The third-order valence-corrected chi connectivity index (χ3v) is 5.98. The number of aryl methyl sites for hydroxylation is 2. The number of carbonyl (C=O) groups excluding carboxylic acids is 2. The van der Waals surface area contributed by atoms with Gasteiger partial charge in [0.1, 0.15) is 5.76 Å². The summed E-state index contributed by atoms with van der Waals surface area (Å²) in [6.07, 6.45) is 5.97. The minimum absolute atomic E-state index is 0.126. The van der Waals surface area contributed by atoms with Crippen LogP contribution in [0.1, 0.15) is 28.5 Å². The predicted octanol–water partition coefficient (Wildman–Crippen LogP) is 3.77. The Bertz CT molecular complexity index is 1040. The van der Waals surface area contributed by atoms with Gasteiger partial charge in [-0.05, 0) is 24.8 Å². The molecule has 0 spiro atoms. The van der Waals surface area contributed by atoms with Crippen molar-refractivity contribution in [3.05, 3.63) is 82.1 Å². The van der Waals surface area contributed by atoms with Crippen LogP contribution < -0.4 is 0 Å². The molecule has 3 heterocycles. The molecule has 7 heteroatoms. The Kier molecular flexibility index (Phi) is 5.31. The van der Waals surface area contributed by atoms with E-state index in [4.69, 9.17) is 0 Å². The number of Topliss-reactive ketones (excluding diaryl/α,β-unsaturated/α-hetero) is 1. The van der Waals surface area contributed by atoms with Crippen LogP contribution in [-0.2, 0) is 16.1 Å². The van der Waals surface area contributed by atoms with Crippen molar-refractivity contribution in [1.29, 1.82) is 0 Å². The van der Waals surface area contributed by atoms with E-state index in [2.05, 4.69) is 4.98 Å². The van der Waals surface area contributed by atoms with Crippen LogP contribution >= 0.6 is 11.3 Å². The van der Waals surface area contributed by atoms with Gasteiger partial charge in [0.2, 0.25) is 0 Å². The Labute approximate surface area is 172 Å². The first kappa shape index (κ1) is 19.1. The molecule has 29 heavy (non-hydrogen) atoms. The number of thiophene rings is 1. The number of aliphatic hydroxyl groups excluding tert-OH is 1. The lowest BCUT2D eigenvalue weighted by Gasteiger charge is -2.24. The highest BCUT2D eigenvalue weighted by molar-refractivity contribution is 7.10. The predicted molar refractivity (Wildman–Crippen MR) is 111 cm³/mol. The van der Waals surface area contributed by atoms with Crippen LogP contribution in [0.4, 0.5) is 0 Å². The highest BCUT2D eigenvalue weighted by Crippen LogP contribution is 2.41. The zero-order chi connectivity index (χ0) is 20.4. The quantitative estimate of drug-likeness (QED) is 0.383. The molecule has 148 valence electrons. The van der Waals surface area contributed by atoms with E-state index in [0.29, 0.717) is 25.1 Å². The topological polar surface area (TPSA) is 75.4 Å². The maximum atomic E-state index is 12.9. The molecule has 3 aromatic rings. The van der Waals surface area contributed by atoms with Crippen molar-refractivity contribution in [2.24, 2.45) is 0 Å². The number of amides is 1. The first-order valence-electron chi connectivity index (χ1n) is 9.41. The molecule has 1 fully saturated rings. The standard InChI is InChI=1S/C22H21N3O3S/c1-15-5-7-16(8-6-15)20(26)18-19(17-4-2-13-29-17)25(22(28)21(18)27)11-3-10-24-12-9-23-14-24/h2,4-9,12-14,19,26H,3,10-11H2,1H3/b20-18-. The number of rotatable bonds is 6. The van der Waals surface area contributed by atoms with Gasteiger partial charge in [0.15, 0.2) is 0 Å². The maximum absolute atomic E-state index is 12.9. The highest BCUT2D eigenvalue weighted by atomic mass is 32.1. The van der Waals surface area contributed by atoms with Crippen LogP contribution in [0.3, 0.4) is 0 Å². The van der Waals surface area contributed by atoms with Crippen LogP contribution in [0.25, 0.3) is 5.76 Å². The number of aliphatic hydroxyl groups is 1. The molecule has 4 rings (SSSR count). The lowest BCUT2D eigenvalue weighted by Crippen LogP contribution is -2.31. The molecule has 0 radical (unpaired) electrons. The van der Waals surface area contributed by atoms with E-state index in [0.717, 1.165) is 10.4 Å². The van der Waals surface area contributed by atoms with E-state index in [9.17, 15) is 14.7 Å². The smallest absolute Gasteiger partial charge is 0.295 e. The molecular formula is C22H21N3O3S. The summed E-state index contributed by atoms with van der Waals surface area (Å²) in [6.45, 7) is 3.06. The minimum atomic E-state index is -0.635. The molecule has 1 aliphatic rings. The number of benzene rings is 1. The number of ketones is 1. The number of hydrogen-bond acceptors (Lipinski definition) is 5. The molecule has 6 nitrogen and oxygen atoms in total. The average molecular weight is 407 g/mol.